The summed E-state index contributed by atoms with van der Waals surface area (Å²) in [6.07, 6.45) is 0. The maximum Gasteiger partial charge on any atom is 0.243 e. The second-order valence-electron chi connectivity index (χ2n) is 5.07. The predicted molar refractivity (Wildman–Crippen MR) is 78.7 cm³/mol. The standard InChI is InChI=1S/C14H20FN3O2S/c1-5-18(11(2)10-17(3)4)21(19,20)13-6-7-14(15)12(8-13)9-16/h6-8,11H,5,10H2,1-4H3. The van der Waals surface area contributed by atoms with Crippen LogP contribution in [0.2, 0.25) is 0 Å². The molecule has 0 N–H and O–H groups in total. The highest BCUT2D eigenvalue weighted by atomic mass is 32.2. The van der Waals surface area contributed by atoms with E-state index in [-0.39, 0.29) is 16.5 Å². The van der Waals surface area contributed by atoms with Gasteiger partial charge in [0.2, 0.25) is 10.0 Å². The number of hydrogen-bond acceptors (Lipinski definition) is 4. The molecular formula is C14H20FN3O2S. The number of likely N-dealkylation sites (N-methyl/N-ethyl adjacent to an activating group) is 2. The summed E-state index contributed by atoms with van der Waals surface area (Å²) in [6.45, 7) is 4.43. The molecule has 116 valence electrons. The highest BCUT2D eigenvalue weighted by molar-refractivity contribution is 7.89. The zero-order valence-electron chi connectivity index (χ0n) is 12.7. The minimum absolute atomic E-state index is 0.0621. The van der Waals surface area contributed by atoms with Crippen LogP contribution in [0.3, 0.4) is 0 Å². The average molecular weight is 313 g/mol. The molecule has 1 unspecified atom stereocenters. The summed E-state index contributed by atoms with van der Waals surface area (Å²) >= 11 is 0. The lowest BCUT2D eigenvalue weighted by molar-refractivity contribution is 0.271. The fraction of sp³-hybridized carbons (Fsp3) is 0.500. The van der Waals surface area contributed by atoms with Gasteiger partial charge in [0.25, 0.3) is 0 Å². The summed E-state index contributed by atoms with van der Waals surface area (Å²) in [5.41, 5.74) is -0.271. The molecule has 1 aromatic carbocycles. The second kappa shape index (κ2) is 6.98. The first kappa shape index (κ1) is 17.6. The molecule has 0 aliphatic heterocycles. The van der Waals surface area contributed by atoms with E-state index in [4.69, 9.17) is 5.26 Å². The topological polar surface area (TPSA) is 64.4 Å². The number of rotatable bonds is 6. The zero-order valence-corrected chi connectivity index (χ0v) is 13.5. The molecule has 0 spiro atoms. The number of hydrogen-bond donors (Lipinski definition) is 0. The monoisotopic (exact) mass is 313 g/mol. The first-order chi connectivity index (χ1) is 9.73. The molecule has 7 heteroatoms. The third-order valence-electron chi connectivity index (χ3n) is 3.10. The predicted octanol–water partition coefficient (Wildman–Crippen LogP) is 1.66. The molecule has 1 aromatic rings. The van der Waals surface area contributed by atoms with Crippen molar-refractivity contribution in [2.75, 3.05) is 27.2 Å². The molecule has 0 fully saturated rings. The molecule has 0 aliphatic rings. The third-order valence-corrected chi connectivity index (χ3v) is 5.18. The van der Waals surface area contributed by atoms with E-state index >= 15 is 0 Å². The first-order valence-corrected chi connectivity index (χ1v) is 8.04. The van der Waals surface area contributed by atoms with Gasteiger partial charge < -0.3 is 4.90 Å². The lowest BCUT2D eigenvalue weighted by atomic mass is 10.2. The zero-order chi connectivity index (χ0) is 16.2. The Hall–Kier alpha value is -1.49. The van der Waals surface area contributed by atoms with Crippen LogP contribution in [0.5, 0.6) is 0 Å². The molecule has 1 rings (SSSR count). The Labute approximate surface area is 125 Å². The van der Waals surface area contributed by atoms with Gasteiger partial charge in [-0.05, 0) is 39.2 Å². The third kappa shape index (κ3) is 4.00. The van der Waals surface area contributed by atoms with Gasteiger partial charge in [-0.1, -0.05) is 6.92 Å². The molecule has 21 heavy (non-hydrogen) atoms. The van der Waals surface area contributed by atoms with Crippen molar-refractivity contribution >= 4 is 10.0 Å². The van der Waals surface area contributed by atoms with Crippen LogP contribution in [0.25, 0.3) is 0 Å². The van der Waals surface area contributed by atoms with E-state index in [9.17, 15) is 12.8 Å². The van der Waals surface area contributed by atoms with Crippen molar-refractivity contribution in [2.45, 2.75) is 24.8 Å². The molecule has 0 amide bonds. The molecule has 0 saturated heterocycles. The van der Waals surface area contributed by atoms with E-state index in [1.807, 2.05) is 25.9 Å². The van der Waals surface area contributed by atoms with Crippen molar-refractivity contribution in [3.63, 3.8) is 0 Å². The number of nitriles is 1. The Bertz CT molecular complexity index is 638. The average Bonchev–Trinajstić information content (AvgIpc) is 2.38. The van der Waals surface area contributed by atoms with Crippen molar-refractivity contribution in [2.24, 2.45) is 0 Å². The molecule has 0 aromatic heterocycles. The minimum Gasteiger partial charge on any atom is -0.308 e. The van der Waals surface area contributed by atoms with Crippen molar-refractivity contribution < 1.29 is 12.8 Å². The highest BCUT2D eigenvalue weighted by Gasteiger charge is 2.28. The molecule has 0 radical (unpaired) electrons. The first-order valence-electron chi connectivity index (χ1n) is 6.60. The van der Waals surface area contributed by atoms with Crippen LogP contribution in [-0.2, 0) is 10.0 Å². The Morgan fingerprint density at radius 3 is 2.48 bits per heavy atom. The van der Waals surface area contributed by atoms with E-state index in [1.54, 1.807) is 13.0 Å². The van der Waals surface area contributed by atoms with E-state index in [2.05, 4.69) is 0 Å². The number of sulfonamides is 1. The summed E-state index contributed by atoms with van der Waals surface area (Å²) in [5.74, 6) is -0.721. The minimum atomic E-state index is -3.76. The van der Waals surface area contributed by atoms with Gasteiger partial charge in [-0.15, -0.1) is 0 Å². The molecule has 0 aliphatic carbocycles. The SMILES string of the molecule is CCN(C(C)CN(C)C)S(=O)(=O)c1ccc(F)c(C#N)c1. The van der Waals surface area contributed by atoms with Gasteiger partial charge in [0.1, 0.15) is 11.9 Å². The second-order valence-corrected chi connectivity index (χ2v) is 6.96. The number of benzene rings is 1. The molecule has 0 heterocycles. The van der Waals surface area contributed by atoms with Gasteiger partial charge >= 0.3 is 0 Å². The molecule has 1 atom stereocenters. The van der Waals surface area contributed by atoms with E-state index in [0.717, 1.165) is 12.1 Å². The van der Waals surface area contributed by atoms with Crippen LogP contribution in [0.1, 0.15) is 19.4 Å². The van der Waals surface area contributed by atoms with Crippen molar-refractivity contribution in [3.05, 3.63) is 29.6 Å². The Morgan fingerprint density at radius 1 is 1.38 bits per heavy atom. The number of halogens is 1. The van der Waals surface area contributed by atoms with Gasteiger partial charge in [0.05, 0.1) is 10.5 Å². The fourth-order valence-electron chi connectivity index (χ4n) is 2.22. The van der Waals surface area contributed by atoms with E-state index < -0.39 is 15.8 Å². The van der Waals surface area contributed by atoms with Crippen LogP contribution in [0.4, 0.5) is 4.39 Å². The molecule has 0 bridgehead atoms. The maximum absolute atomic E-state index is 13.3. The Kier molecular flexibility index (Phi) is 5.84. The van der Waals surface area contributed by atoms with Crippen LogP contribution in [0, 0.1) is 17.1 Å². The highest BCUT2D eigenvalue weighted by Crippen LogP contribution is 2.20. The number of nitrogens with zero attached hydrogens (tertiary/aromatic N) is 3. The van der Waals surface area contributed by atoms with Crippen LogP contribution in [-0.4, -0.2) is 50.8 Å². The van der Waals surface area contributed by atoms with Gasteiger partial charge in [0.15, 0.2) is 0 Å². The van der Waals surface area contributed by atoms with Crippen LogP contribution in [0.15, 0.2) is 23.1 Å². The van der Waals surface area contributed by atoms with Crippen molar-refractivity contribution in [1.82, 2.24) is 9.21 Å². The Morgan fingerprint density at radius 2 is 2.00 bits per heavy atom. The van der Waals surface area contributed by atoms with Crippen LogP contribution < -0.4 is 0 Å². The van der Waals surface area contributed by atoms with Crippen LogP contribution >= 0.6 is 0 Å². The molecule has 5 nitrogen and oxygen atoms in total. The van der Waals surface area contributed by atoms with E-state index in [1.165, 1.54) is 10.4 Å². The van der Waals surface area contributed by atoms with E-state index in [0.29, 0.717) is 13.1 Å². The van der Waals surface area contributed by atoms with Crippen molar-refractivity contribution in [1.29, 1.82) is 5.26 Å². The van der Waals surface area contributed by atoms with Gasteiger partial charge in [-0.2, -0.15) is 9.57 Å². The normalized spacial score (nSPS) is 13.4. The Balaban J connectivity index is 3.22. The quantitative estimate of drug-likeness (QED) is 0.801. The maximum atomic E-state index is 13.3. The smallest absolute Gasteiger partial charge is 0.243 e. The van der Waals surface area contributed by atoms with Gasteiger partial charge in [-0.25, -0.2) is 12.8 Å². The summed E-state index contributed by atoms with van der Waals surface area (Å²) in [5, 5.41) is 8.83. The van der Waals surface area contributed by atoms with Gasteiger partial charge in [0, 0.05) is 19.1 Å². The van der Waals surface area contributed by atoms with Crippen molar-refractivity contribution in [3.8, 4) is 6.07 Å². The van der Waals surface area contributed by atoms with Gasteiger partial charge in [-0.3, -0.25) is 0 Å². The summed E-state index contributed by atoms with van der Waals surface area (Å²) in [6, 6.07) is 4.71. The summed E-state index contributed by atoms with van der Waals surface area (Å²) in [7, 11) is -0.0290. The summed E-state index contributed by atoms with van der Waals surface area (Å²) < 4.78 is 40.0. The lowest BCUT2D eigenvalue weighted by Gasteiger charge is -2.29. The fourth-order valence-corrected chi connectivity index (χ4v) is 3.88. The lowest BCUT2D eigenvalue weighted by Crippen LogP contribution is -2.43. The molecular weight excluding hydrogens is 293 g/mol. The largest absolute Gasteiger partial charge is 0.308 e. The summed E-state index contributed by atoms with van der Waals surface area (Å²) in [4.78, 5) is 1.83. The molecule has 0 saturated carbocycles.